The number of carbonyl (C=O) groups is 1. The zero-order valence-corrected chi connectivity index (χ0v) is 13.9. The van der Waals surface area contributed by atoms with E-state index in [0.29, 0.717) is 12.1 Å². The van der Waals surface area contributed by atoms with Gasteiger partial charge in [-0.25, -0.2) is 0 Å². The zero-order valence-electron chi connectivity index (χ0n) is 13.1. The fraction of sp³-hybridized carbons (Fsp3) is 0.588. The van der Waals surface area contributed by atoms with Crippen molar-refractivity contribution in [3.8, 4) is 0 Å². The Morgan fingerprint density at radius 1 is 1.14 bits per heavy atom. The minimum atomic E-state index is 0.229. The number of carbonyl (C=O) groups excluding carboxylic acids is 1. The van der Waals surface area contributed by atoms with Crippen molar-refractivity contribution in [1.29, 1.82) is 0 Å². The third-order valence-electron chi connectivity index (χ3n) is 4.89. The van der Waals surface area contributed by atoms with Crippen LogP contribution in [0.4, 0.5) is 5.69 Å². The summed E-state index contributed by atoms with van der Waals surface area (Å²) in [6.45, 7) is 0. The lowest BCUT2D eigenvalue weighted by Crippen LogP contribution is -2.47. The molecule has 1 aromatic carbocycles. The van der Waals surface area contributed by atoms with Gasteiger partial charge in [0.2, 0.25) is 0 Å². The minimum Gasteiger partial charge on any atom is -0.378 e. The summed E-state index contributed by atoms with van der Waals surface area (Å²) in [6.07, 6.45) is 6.90. The van der Waals surface area contributed by atoms with E-state index < -0.39 is 0 Å². The molecular weight excluding hydrogens is 280 g/mol. The number of nitrogens with zero attached hydrogens (tertiary/aromatic N) is 2. The van der Waals surface area contributed by atoms with Crippen LogP contribution in [0.25, 0.3) is 0 Å². The molecule has 0 saturated carbocycles. The Morgan fingerprint density at radius 2 is 1.71 bits per heavy atom. The average Bonchev–Trinajstić information content (AvgIpc) is 2.76. The van der Waals surface area contributed by atoms with Crippen molar-refractivity contribution >= 4 is 23.4 Å². The molecule has 21 heavy (non-hydrogen) atoms. The van der Waals surface area contributed by atoms with Gasteiger partial charge in [0, 0.05) is 42.7 Å². The maximum atomic E-state index is 12.8. The first-order valence-corrected chi connectivity index (χ1v) is 9.01. The highest BCUT2D eigenvalue weighted by atomic mass is 32.2. The van der Waals surface area contributed by atoms with Gasteiger partial charge in [0.05, 0.1) is 0 Å². The molecular formula is C17H24N2OS. The van der Waals surface area contributed by atoms with Gasteiger partial charge in [0.15, 0.2) is 0 Å². The van der Waals surface area contributed by atoms with Gasteiger partial charge in [-0.1, -0.05) is 0 Å². The lowest BCUT2D eigenvalue weighted by Gasteiger charge is -2.38. The molecule has 114 valence electrons. The highest BCUT2D eigenvalue weighted by Gasteiger charge is 2.43. The second-order valence-electron chi connectivity index (χ2n) is 6.37. The molecule has 0 spiro atoms. The molecule has 2 saturated heterocycles. The van der Waals surface area contributed by atoms with E-state index >= 15 is 0 Å². The van der Waals surface area contributed by atoms with E-state index in [1.807, 2.05) is 50.1 Å². The molecule has 0 aliphatic carbocycles. The summed E-state index contributed by atoms with van der Waals surface area (Å²) in [7, 11) is 4.04. The van der Waals surface area contributed by atoms with E-state index in [0.717, 1.165) is 16.5 Å². The molecule has 2 aliphatic rings. The first-order chi connectivity index (χ1) is 10.1. The normalized spacial score (nSPS) is 27.8. The van der Waals surface area contributed by atoms with Crippen LogP contribution in [0.1, 0.15) is 36.0 Å². The van der Waals surface area contributed by atoms with Crippen LogP contribution in [-0.4, -0.2) is 48.5 Å². The van der Waals surface area contributed by atoms with Gasteiger partial charge in [-0.15, -0.1) is 0 Å². The number of anilines is 1. The standard InChI is InChI=1S/C17H24N2OS/c1-18(2)13-6-4-12(5-7-13)17(20)19-14-8-9-15(19)11-16(10-14)21-3/h4-7,14-16H,8-11H2,1-3H3. The van der Waals surface area contributed by atoms with Crippen LogP contribution in [0, 0.1) is 0 Å². The summed E-state index contributed by atoms with van der Waals surface area (Å²) in [5.74, 6) is 0.229. The summed E-state index contributed by atoms with van der Waals surface area (Å²) >= 11 is 1.96. The van der Waals surface area contributed by atoms with Crippen LogP contribution < -0.4 is 4.90 Å². The van der Waals surface area contributed by atoms with Crippen molar-refractivity contribution in [1.82, 2.24) is 4.90 Å². The number of rotatable bonds is 3. The van der Waals surface area contributed by atoms with Crippen LogP contribution in [0.2, 0.25) is 0 Å². The molecule has 0 radical (unpaired) electrons. The second kappa shape index (κ2) is 5.91. The van der Waals surface area contributed by atoms with Crippen molar-refractivity contribution in [3.63, 3.8) is 0 Å². The van der Waals surface area contributed by atoms with Gasteiger partial charge in [0.1, 0.15) is 0 Å². The number of hydrogen-bond acceptors (Lipinski definition) is 3. The molecule has 1 aromatic rings. The van der Waals surface area contributed by atoms with Crippen molar-refractivity contribution in [2.45, 2.75) is 43.0 Å². The predicted molar refractivity (Wildman–Crippen MR) is 90.3 cm³/mol. The van der Waals surface area contributed by atoms with Crippen LogP contribution in [0.5, 0.6) is 0 Å². The summed E-state index contributed by atoms with van der Waals surface area (Å²) in [5.41, 5.74) is 1.97. The zero-order chi connectivity index (χ0) is 15.0. The molecule has 4 heteroatoms. The monoisotopic (exact) mass is 304 g/mol. The Hall–Kier alpha value is -1.16. The molecule has 2 bridgehead atoms. The van der Waals surface area contributed by atoms with Gasteiger partial charge < -0.3 is 9.80 Å². The molecule has 1 amide bonds. The van der Waals surface area contributed by atoms with Crippen molar-refractivity contribution in [2.24, 2.45) is 0 Å². The quantitative estimate of drug-likeness (QED) is 0.856. The highest BCUT2D eigenvalue weighted by molar-refractivity contribution is 7.99. The Labute approximate surface area is 131 Å². The predicted octanol–water partition coefficient (Wildman–Crippen LogP) is 3.25. The first kappa shape index (κ1) is 14.8. The van der Waals surface area contributed by atoms with Crippen LogP contribution in [0.15, 0.2) is 24.3 Å². The van der Waals surface area contributed by atoms with Crippen molar-refractivity contribution in [3.05, 3.63) is 29.8 Å². The van der Waals surface area contributed by atoms with E-state index in [4.69, 9.17) is 0 Å². The van der Waals surface area contributed by atoms with Crippen LogP contribution >= 0.6 is 11.8 Å². The molecule has 3 rings (SSSR count). The molecule has 2 atom stereocenters. The Kier molecular flexibility index (Phi) is 4.16. The molecule has 2 aliphatic heterocycles. The maximum Gasteiger partial charge on any atom is 0.254 e. The number of fused-ring (bicyclic) bond motifs is 2. The van der Waals surface area contributed by atoms with Gasteiger partial charge >= 0.3 is 0 Å². The number of thioether (sulfide) groups is 1. The summed E-state index contributed by atoms with van der Waals surface area (Å²) in [4.78, 5) is 17.1. The third kappa shape index (κ3) is 2.78. The van der Waals surface area contributed by atoms with E-state index in [1.165, 1.54) is 25.7 Å². The lowest BCUT2D eigenvalue weighted by atomic mass is 10.0. The van der Waals surface area contributed by atoms with Gasteiger partial charge in [0.25, 0.3) is 5.91 Å². The number of amides is 1. The SMILES string of the molecule is CSC1CC2CCC(C1)N2C(=O)c1ccc(N(C)C)cc1. The Morgan fingerprint density at radius 3 is 2.19 bits per heavy atom. The average molecular weight is 304 g/mol. The van der Waals surface area contributed by atoms with Gasteiger partial charge in [-0.3, -0.25) is 4.79 Å². The minimum absolute atomic E-state index is 0.229. The summed E-state index contributed by atoms with van der Waals surface area (Å²) in [5, 5.41) is 0.739. The maximum absolute atomic E-state index is 12.8. The molecule has 2 fully saturated rings. The lowest BCUT2D eigenvalue weighted by molar-refractivity contribution is 0.0601. The van der Waals surface area contributed by atoms with E-state index in [2.05, 4.69) is 16.1 Å². The number of benzene rings is 1. The third-order valence-corrected chi connectivity index (χ3v) is 5.94. The van der Waals surface area contributed by atoms with Crippen LogP contribution in [-0.2, 0) is 0 Å². The van der Waals surface area contributed by atoms with E-state index in [9.17, 15) is 4.79 Å². The van der Waals surface area contributed by atoms with Gasteiger partial charge in [-0.2, -0.15) is 11.8 Å². The van der Waals surface area contributed by atoms with Crippen molar-refractivity contribution in [2.75, 3.05) is 25.3 Å². The van der Waals surface area contributed by atoms with E-state index in [-0.39, 0.29) is 5.91 Å². The molecule has 2 heterocycles. The molecule has 0 aromatic heterocycles. The highest BCUT2D eigenvalue weighted by Crippen LogP contribution is 2.40. The number of piperidine rings is 1. The Balaban J connectivity index is 1.76. The van der Waals surface area contributed by atoms with Crippen molar-refractivity contribution < 1.29 is 4.79 Å². The molecule has 0 N–H and O–H groups in total. The molecule has 3 nitrogen and oxygen atoms in total. The summed E-state index contributed by atoms with van der Waals surface area (Å²) < 4.78 is 0. The summed E-state index contributed by atoms with van der Waals surface area (Å²) in [6, 6.07) is 8.92. The topological polar surface area (TPSA) is 23.6 Å². The first-order valence-electron chi connectivity index (χ1n) is 7.73. The molecule has 2 unspecified atom stereocenters. The smallest absolute Gasteiger partial charge is 0.254 e. The van der Waals surface area contributed by atoms with E-state index in [1.54, 1.807) is 0 Å². The second-order valence-corrected chi connectivity index (χ2v) is 7.51. The fourth-order valence-corrected chi connectivity index (χ4v) is 4.53. The largest absolute Gasteiger partial charge is 0.378 e. The van der Waals surface area contributed by atoms with Crippen LogP contribution in [0.3, 0.4) is 0 Å². The Bertz CT molecular complexity index is 500. The van der Waals surface area contributed by atoms with Gasteiger partial charge in [-0.05, 0) is 56.2 Å². The fourth-order valence-electron chi connectivity index (χ4n) is 3.70. The number of hydrogen-bond donors (Lipinski definition) is 0.